The molecule has 8 heteroatoms. The summed E-state index contributed by atoms with van der Waals surface area (Å²) in [6.45, 7) is 1.75. The van der Waals surface area contributed by atoms with Crippen molar-refractivity contribution < 1.29 is 9.59 Å². The number of aromatic nitrogens is 1. The SMILES string of the molecule is Cc1nc(-c2ccccc2)sc1C(=O)NNC(=O)c1ccc(Cl)c(Cl)c1. The van der Waals surface area contributed by atoms with E-state index in [0.717, 1.165) is 10.6 Å². The molecule has 0 fully saturated rings. The standard InChI is InChI=1S/C18H13Cl2N3O2S/c1-10-15(26-18(21-10)11-5-3-2-4-6-11)17(25)23-22-16(24)12-7-8-13(19)14(20)9-12/h2-9H,1H3,(H,22,24)(H,23,25). The molecule has 1 heterocycles. The molecule has 0 unspecified atom stereocenters. The molecule has 0 aliphatic carbocycles. The number of carbonyl (C=O) groups is 2. The molecule has 0 aliphatic rings. The van der Waals surface area contributed by atoms with Gasteiger partial charge in [-0.05, 0) is 25.1 Å². The Balaban J connectivity index is 1.69. The number of amides is 2. The molecule has 2 amide bonds. The predicted octanol–water partition coefficient (Wildman–Crippen LogP) is 4.50. The van der Waals surface area contributed by atoms with Gasteiger partial charge in [0, 0.05) is 11.1 Å². The Morgan fingerprint density at radius 3 is 2.35 bits per heavy atom. The maximum absolute atomic E-state index is 12.4. The van der Waals surface area contributed by atoms with Gasteiger partial charge < -0.3 is 0 Å². The molecule has 0 saturated heterocycles. The Morgan fingerprint density at radius 2 is 1.65 bits per heavy atom. The number of nitrogens with zero attached hydrogens (tertiary/aromatic N) is 1. The molecule has 1 aromatic heterocycles. The van der Waals surface area contributed by atoms with E-state index in [-0.39, 0.29) is 10.6 Å². The highest BCUT2D eigenvalue weighted by atomic mass is 35.5. The minimum Gasteiger partial charge on any atom is -0.267 e. The van der Waals surface area contributed by atoms with Gasteiger partial charge in [0.15, 0.2) is 0 Å². The lowest BCUT2D eigenvalue weighted by Crippen LogP contribution is -2.41. The first kappa shape index (κ1) is 18.4. The fraction of sp³-hybridized carbons (Fsp3) is 0.0556. The summed E-state index contributed by atoms with van der Waals surface area (Å²) in [5.74, 6) is -0.932. The normalized spacial score (nSPS) is 10.4. The topological polar surface area (TPSA) is 71.1 Å². The number of rotatable bonds is 3. The number of nitrogens with one attached hydrogen (secondary N) is 2. The minimum absolute atomic E-state index is 0.261. The Hall–Kier alpha value is -2.41. The maximum atomic E-state index is 12.4. The van der Waals surface area contributed by atoms with Crippen LogP contribution < -0.4 is 10.9 Å². The van der Waals surface area contributed by atoms with E-state index >= 15 is 0 Å². The molecule has 0 radical (unpaired) electrons. The van der Waals surface area contributed by atoms with Gasteiger partial charge in [0.1, 0.15) is 9.88 Å². The second-order valence-corrected chi connectivity index (χ2v) is 7.15. The number of halogens is 2. The molecule has 3 rings (SSSR count). The monoisotopic (exact) mass is 405 g/mol. The Kier molecular flexibility index (Phi) is 5.56. The van der Waals surface area contributed by atoms with Crippen LogP contribution in [0.25, 0.3) is 10.6 Å². The summed E-state index contributed by atoms with van der Waals surface area (Å²) in [6, 6.07) is 14.0. The van der Waals surface area contributed by atoms with Crippen LogP contribution in [0.2, 0.25) is 10.0 Å². The smallest absolute Gasteiger partial charge is 0.267 e. The number of hydrogen-bond acceptors (Lipinski definition) is 4. The summed E-state index contributed by atoms with van der Waals surface area (Å²) in [6.07, 6.45) is 0. The van der Waals surface area contributed by atoms with Gasteiger partial charge in [-0.3, -0.25) is 20.4 Å². The summed E-state index contributed by atoms with van der Waals surface area (Å²) in [5.41, 5.74) is 6.56. The highest BCUT2D eigenvalue weighted by Gasteiger charge is 2.17. The number of benzene rings is 2. The number of thiazole rings is 1. The molecule has 3 aromatic rings. The van der Waals surface area contributed by atoms with Crippen LogP contribution in [0.3, 0.4) is 0 Å². The van der Waals surface area contributed by atoms with Gasteiger partial charge in [-0.25, -0.2) is 4.98 Å². The van der Waals surface area contributed by atoms with Gasteiger partial charge in [-0.15, -0.1) is 11.3 Å². The maximum Gasteiger partial charge on any atom is 0.281 e. The van der Waals surface area contributed by atoms with Crippen molar-refractivity contribution in [3.8, 4) is 10.6 Å². The van der Waals surface area contributed by atoms with Gasteiger partial charge >= 0.3 is 0 Å². The second kappa shape index (κ2) is 7.86. The molecule has 2 N–H and O–H groups in total. The summed E-state index contributed by atoms with van der Waals surface area (Å²) in [7, 11) is 0. The van der Waals surface area contributed by atoms with Crippen LogP contribution in [0.5, 0.6) is 0 Å². The van der Waals surface area contributed by atoms with E-state index in [9.17, 15) is 9.59 Å². The fourth-order valence-corrected chi connectivity index (χ4v) is 3.46. The van der Waals surface area contributed by atoms with Crippen molar-refractivity contribution in [2.45, 2.75) is 6.92 Å². The van der Waals surface area contributed by atoms with Gasteiger partial charge in [0.05, 0.1) is 15.7 Å². The van der Waals surface area contributed by atoms with Crippen molar-refractivity contribution in [1.82, 2.24) is 15.8 Å². The number of hydrogen-bond donors (Lipinski definition) is 2. The largest absolute Gasteiger partial charge is 0.281 e. The van der Waals surface area contributed by atoms with E-state index in [2.05, 4.69) is 15.8 Å². The van der Waals surface area contributed by atoms with E-state index in [1.807, 2.05) is 30.3 Å². The zero-order valence-electron chi connectivity index (χ0n) is 13.5. The average Bonchev–Trinajstić information content (AvgIpc) is 3.04. The highest BCUT2D eigenvalue weighted by molar-refractivity contribution is 7.17. The first-order valence-electron chi connectivity index (χ1n) is 7.54. The van der Waals surface area contributed by atoms with E-state index in [1.165, 1.54) is 29.5 Å². The lowest BCUT2D eigenvalue weighted by molar-refractivity contribution is 0.0848. The van der Waals surface area contributed by atoms with Crippen LogP contribution in [-0.4, -0.2) is 16.8 Å². The zero-order valence-corrected chi connectivity index (χ0v) is 15.9. The lowest BCUT2D eigenvalue weighted by Gasteiger charge is -2.07. The van der Waals surface area contributed by atoms with E-state index in [0.29, 0.717) is 15.6 Å². The van der Waals surface area contributed by atoms with Gasteiger partial charge in [0.2, 0.25) is 0 Å². The van der Waals surface area contributed by atoms with Crippen LogP contribution in [0.1, 0.15) is 25.7 Å². The predicted molar refractivity (Wildman–Crippen MR) is 104 cm³/mol. The molecule has 0 saturated carbocycles. The van der Waals surface area contributed by atoms with Crippen molar-refractivity contribution in [1.29, 1.82) is 0 Å². The van der Waals surface area contributed by atoms with Gasteiger partial charge in [-0.2, -0.15) is 0 Å². The summed E-state index contributed by atoms with van der Waals surface area (Å²) in [4.78, 5) is 29.3. The molecular formula is C18H13Cl2N3O2S. The summed E-state index contributed by atoms with van der Waals surface area (Å²) >= 11 is 13.0. The second-order valence-electron chi connectivity index (χ2n) is 5.34. The lowest BCUT2D eigenvalue weighted by atomic mass is 10.2. The van der Waals surface area contributed by atoms with Crippen LogP contribution in [0.15, 0.2) is 48.5 Å². The highest BCUT2D eigenvalue weighted by Crippen LogP contribution is 2.27. The molecule has 0 atom stereocenters. The summed E-state index contributed by atoms with van der Waals surface area (Å²) in [5, 5.41) is 1.35. The van der Waals surface area contributed by atoms with Crippen molar-refractivity contribution >= 4 is 46.4 Å². The van der Waals surface area contributed by atoms with E-state index < -0.39 is 11.8 Å². The molecule has 2 aromatic carbocycles. The number of carbonyl (C=O) groups excluding carboxylic acids is 2. The Bertz CT molecular complexity index is 974. The van der Waals surface area contributed by atoms with Crippen LogP contribution in [0, 0.1) is 6.92 Å². The Labute approximate surface area is 163 Å². The molecular weight excluding hydrogens is 393 g/mol. The van der Waals surface area contributed by atoms with Crippen LogP contribution in [0.4, 0.5) is 0 Å². The molecule has 0 aliphatic heterocycles. The quantitative estimate of drug-likeness (QED) is 0.630. The van der Waals surface area contributed by atoms with E-state index in [4.69, 9.17) is 23.2 Å². The third-order valence-corrected chi connectivity index (χ3v) is 5.44. The van der Waals surface area contributed by atoms with Crippen molar-refractivity contribution in [3.63, 3.8) is 0 Å². The minimum atomic E-state index is -0.498. The third kappa shape index (κ3) is 4.04. The number of aryl methyl sites for hydroxylation is 1. The molecule has 5 nitrogen and oxygen atoms in total. The van der Waals surface area contributed by atoms with Crippen LogP contribution >= 0.6 is 34.5 Å². The zero-order chi connectivity index (χ0) is 18.7. The van der Waals surface area contributed by atoms with Crippen molar-refractivity contribution in [2.24, 2.45) is 0 Å². The first-order valence-corrected chi connectivity index (χ1v) is 9.11. The van der Waals surface area contributed by atoms with Crippen molar-refractivity contribution in [3.05, 3.63) is 74.7 Å². The van der Waals surface area contributed by atoms with Crippen molar-refractivity contribution in [2.75, 3.05) is 0 Å². The Morgan fingerprint density at radius 1 is 0.962 bits per heavy atom. The van der Waals surface area contributed by atoms with Crippen LogP contribution in [-0.2, 0) is 0 Å². The molecule has 26 heavy (non-hydrogen) atoms. The number of hydrazine groups is 1. The fourth-order valence-electron chi connectivity index (χ4n) is 2.19. The molecule has 0 bridgehead atoms. The molecule has 132 valence electrons. The molecule has 0 spiro atoms. The average molecular weight is 406 g/mol. The van der Waals surface area contributed by atoms with E-state index in [1.54, 1.807) is 6.92 Å². The van der Waals surface area contributed by atoms with Gasteiger partial charge in [0.25, 0.3) is 11.8 Å². The van der Waals surface area contributed by atoms with Gasteiger partial charge in [-0.1, -0.05) is 53.5 Å². The first-order chi connectivity index (χ1) is 12.5. The third-order valence-electron chi connectivity index (χ3n) is 3.49. The summed E-state index contributed by atoms with van der Waals surface area (Å²) < 4.78 is 0.